The first-order valence-electron chi connectivity index (χ1n) is 6.92. The van der Waals surface area contributed by atoms with E-state index in [4.69, 9.17) is 5.73 Å². The van der Waals surface area contributed by atoms with Gasteiger partial charge in [-0.05, 0) is 30.2 Å². The largest absolute Gasteiger partial charge is 0.368 e. The van der Waals surface area contributed by atoms with Crippen LogP contribution in [-0.2, 0) is 14.4 Å². The second kappa shape index (κ2) is 6.13. The molecule has 1 fully saturated rings. The van der Waals surface area contributed by atoms with E-state index in [1.54, 1.807) is 6.92 Å². The number of halogens is 1. The third-order valence-electron chi connectivity index (χ3n) is 3.71. The summed E-state index contributed by atoms with van der Waals surface area (Å²) in [6, 6.07) is 4.67. The second-order valence-electron chi connectivity index (χ2n) is 5.53. The molecule has 1 aliphatic rings. The van der Waals surface area contributed by atoms with Crippen LogP contribution in [0.3, 0.4) is 0 Å². The molecule has 118 valence electrons. The minimum Gasteiger partial charge on any atom is -0.368 e. The van der Waals surface area contributed by atoms with Crippen LogP contribution in [0.25, 0.3) is 0 Å². The van der Waals surface area contributed by atoms with Gasteiger partial charge in [0.2, 0.25) is 17.7 Å². The summed E-state index contributed by atoms with van der Waals surface area (Å²) >= 11 is 0. The number of hydrogen-bond donors (Lipinski definition) is 1. The monoisotopic (exact) mass is 307 g/mol. The summed E-state index contributed by atoms with van der Waals surface area (Å²) in [5.41, 5.74) is 5.56. The molecule has 1 aliphatic heterocycles. The number of benzene rings is 1. The van der Waals surface area contributed by atoms with Crippen LogP contribution in [0, 0.1) is 11.7 Å². The zero-order valence-electron chi connectivity index (χ0n) is 12.5. The summed E-state index contributed by atoms with van der Waals surface area (Å²) in [7, 11) is 1.46. The number of carbonyl (C=O) groups excluding carboxylic acids is 3. The molecular weight excluding hydrogens is 289 g/mol. The normalized spacial score (nSPS) is 21.0. The van der Waals surface area contributed by atoms with E-state index in [9.17, 15) is 18.8 Å². The Hall–Kier alpha value is -2.44. The molecule has 0 aliphatic carbocycles. The predicted molar refractivity (Wildman–Crippen MR) is 78.3 cm³/mol. The maximum Gasteiger partial charge on any atom is 0.246 e. The number of amides is 3. The molecule has 7 heteroatoms. The summed E-state index contributed by atoms with van der Waals surface area (Å²) in [6.07, 6.45) is 0.220. The van der Waals surface area contributed by atoms with Gasteiger partial charge in [-0.2, -0.15) is 0 Å². The number of hydrogen-bond acceptors (Lipinski definition) is 3. The van der Waals surface area contributed by atoms with Crippen LogP contribution in [0.2, 0.25) is 0 Å². The molecule has 2 rings (SSSR count). The number of likely N-dealkylation sites (N-methyl/N-ethyl adjacent to an activating group) is 1. The van der Waals surface area contributed by atoms with Gasteiger partial charge in [-0.15, -0.1) is 0 Å². The van der Waals surface area contributed by atoms with Gasteiger partial charge in [0.1, 0.15) is 11.9 Å². The first kappa shape index (κ1) is 15.9. The van der Waals surface area contributed by atoms with E-state index in [-0.39, 0.29) is 30.7 Å². The summed E-state index contributed by atoms with van der Waals surface area (Å²) in [5.74, 6) is -1.81. The van der Waals surface area contributed by atoms with Gasteiger partial charge in [-0.25, -0.2) is 4.39 Å². The standard InChI is InChI=1S/C15H18FN3O3/c1-9-7-13(21)19(11-5-3-10(16)4-6-11)14(9)15(22)18(2)8-12(17)20/h3-6,9,14H,7-8H2,1-2H3,(H2,17,20). The second-order valence-corrected chi connectivity index (χ2v) is 5.53. The quantitative estimate of drug-likeness (QED) is 0.879. The summed E-state index contributed by atoms with van der Waals surface area (Å²) in [5, 5.41) is 0. The van der Waals surface area contributed by atoms with Crippen molar-refractivity contribution in [1.29, 1.82) is 0 Å². The maximum atomic E-state index is 13.0. The van der Waals surface area contributed by atoms with Crippen molar-refractivity contribution in [1.82, 2.24) is 4.90 Å². The molecule has 1 saturated heterocycles. The number of primary amides is 1. The Balaban J connectivity index is 2.30. The van der Waals surface area contributed by atoms with Gasteiger partial charge in [0.05, 0.1) is 6.54 Å². The van der Waals surface area contributed by atoms with Gasteiger partial charge in [-0.3, -0.25) is 19.3 Å². The highest BCUT2D eigenvalue weighted by Gasteiger charge is 2.43. The lowest BCUT2D eigenvalue weighted by Gasteiger charge is -2.29. The van der Waals surface area contributed by atoms with E-state index >= 15 is 0 Å². The molecule has 2 N–H and O–H groups in total. The SMILES string of the molecule is CC1CC(=O)N(c2ccc(F)cc2)C1C(=O)N(C)CC(N)=O. The molecule has 3 amide bonds. The Morgan fingerprint density at radius 3 is 2.50 bits per heavy atom. The lowest BCUT2D eigenvalue weighted by molar-refractivity contribution is -0.135. The number of anilines is 1. The van der Waals surface area contributed by atoms with E-state index in [2.05, 4.69) is 0 Å². The summed E-state index contributed by atoms with van der Waals surface area (Å²) in [6.45, 7) is 1.58. The Kier molecular flexibility index (Phi) is 4.44. The molecule has 1 aromatic carbocycles. The smallest absolute Gasteiger partial charge is 0.246 e. The van der Waals surface area contributed by atoms with Crippen LogP contribution in [0.15, 0.2) is 24.3 Å². The Morgan fingerprint density at radius 1 is 1.36 bits per heavy atom. The highest BCUT2D eigenvalue weighted by Crippen LogP contribution is 2.31. The Labute approximate surface area is 127 Å². The molecule has 6 nitrogen and oxygen atoms in total. The highest BCUT2D eigenvalue weighted by molar-refractivity contribution is 6.04. The summed E-state index contributed by atoms with van der Waals surface area (Å²) in [4.78, 5) is 38.3. The average Bonchev–Trinajstić information content (AvgIpc) is 2.72. The molecule has 0 aromatic heterocycles. The fourth-order valence-electron chi connectivity index (χ4n) is 2.69. The van der Waals surface area contributed by atoms with Gasteiger partial charge in [0.15, 0.2) is 0 Å². The van der Waals surface area contributed by atoms with E-state index in [0.717, 1.165) is 0 Å². The molecule has 0 spiro atoms. The Morgan fingerprint density at radius 2 is 1.95 bits per heavy atom. The first-order valence-corrected chi connectivity index (χ1v) is 6.92. The molecule has 0 saturated carbocycles. The van der Waals surface area contributed by atoms with Gasteiger partial charge in [0.25, 0.3) is 0 Å². The molecule has 0 radical (unpaired) electrons. The van der Waals surface area contributed by atoms with Gasteiger partial charge >= 0.3 is 0 Å². The van der Waals surface area contributed by atoms with Gasteiger partial charge < -0.3 is 10.6 Å². The summed E-state index contributed by atoms with van der Waals surface area (Å²) < 4.78 is 13.0. The fraction of sp³-hybridized carbons (Fsp3) is 0.400. The average molecular weight is 307 g/mol. The minimum atomic E-state index is -0.720. The van der Waals surface area contributed by atoms with Crippen molar-refractivity contribution in [2.45, 2.75) is 19.4 Å². The third-order valence-corrected chi connectivity index (χ3v) is 3.71. The van der Waals surface area contributed by atoms with Gasteiger partial charge in [0, 0.05) is 19.2 Å². The number of carbonyl (C=O) groups is 3. The van der Waals surface area contributed by atoms with E-state index < -0.39 is 17.8 Å². The van der Waals surface area contributed by atoms with Crippen molar-refractivity contribution in [2.24, 2.45) is 11.7 Å². The molecule has 1 heterocycles. The van der Waals surface area contributed by atoms with E-state index in [1.807, 2.05) is 0 Å². The topological polar surface area (TPSA) is 83.7 Å². The number of nitrogens with zero attached hydrogens (tertiary/aromatic N) is 2. The van der Waals surface area contributed by atoms with Crippen LogP contribution in [0.1, 0.15) is 13.3 Å². The van der Waals surface area contributed by atoms with Crippen molar-refractivity contribution in [3.05, 3.63) is 30.1 Å². The fourth-order valence-corrected chi connectivity index (χ4v) is 2.69. The van der Waals surface area contributed by atoms with Crippen molar-refractivity contribution in [3.8, 4) is 0 Å². The molecule has 2 atom stereocenters. The third kappa shape index (κ3) is 3.08. The zero-order valence-corrected chi connectivity index (χ0v) is 12.5. The van der Waals surface area contributed by atoms with E-state index in [0.29, 0.717) is 5.69 Å². The van der Waals surface area contributed by atoms with Crippen LogP contribution in [0.4, 0.5) is 10.1 Å². The molecular formula is C15H18FN3O3. The van der Waals surface area contributed by atoms with Crippen LogP contribution < -0.4 is 10.6 Å². The maximum absolute atomic E-state index is 13.0. The predicted octanol–water partition coefficient (Wildman–Crippen LogP) is 0.511. The zero-order chi connectivity index (χ0) is 16.4. The molecule has 2 unspecified atom stereocenters. The van der Waals surface area contributed by atoms with Crippen molar-refractivity contribution < 1.29 is 18.8 Å². The van der Waals surface area contributed by atoms with E-state index in [1.165, 1.54) is 41.1 Å². The van der Waals surface area contributed by atoms with Crippen molar-refractivity contribution in [3.63, 3.8) is 0 Å². The molecule has 1 aromatic rings. The van der Waals surface area contributed by atoms with Crippen LogP contribution in [-0.4, -0.2) is 42.3 Å². The molecule has 22 heavy (non-hydrogen) atoms. The van der Waals surface area contributed by atoms with Crippen molar-refractivity contribution >= 4 is 23.4 Å². The van der Waals surface area contributed by atoms with Crippen molar-refractivity contribution in [2.75, 3.05) is 18.5 Å². The van der Waals surface area contributed by atoms with Crippen LogP contribution >= 0.6 is 0 Å². The van der Waals surface area contributed by atoms with Gasteiger partial charge in [-0.1, -0.05) is 6.92 Å². The Bertz CT molecular complexity index is 603. The first-order chi connectivity index (χ1) is 10.3. The van der Waals surface area contributed by atoms with Crippen LogP contribution in [0.5, 0.6) is 0 Å². The lowest BCUT2D eigenvalue weighted by Crippen LogP contribution is -2.49. The minimum absolute atomic E-state index is 0.204. The lowest BCUT2D eigenvalue weighted by atomic mass is 10.0. The number of nitrogens with two attached hydrogens (primary N) is 1. The highest BCUT2D eigenvalue weighted by atomic mass is 19.1. The number of rotatable bonds is 4. The molecule has 0 bridgehead atoms.